The van der Waals surface area contributed by atoms with Gasteiger partial charge in [-0.05, 0) is 53.5 Å². The number of hydrogen-bond acceptors (Lipinski definition) is 3. The molecule has 8 heteroatoms. The van der Waals surface area contributed by atoms with Gasteiger partial charge in [0.05, 0.1) is 10.4 Å². The zero-order valence-corrected chi connectivity index (χ0v) is 12.6. The molecule has 0 aliphatic carbocycles. The van der Waals surface area contributed by atoms with Gasteiger partial charge in [0, 0.05) is 12.2 Å². The number of alkyl halides is 3. The van der Waals surface area contributed by atoms with Gasteiger partial charge in [-0.1, -0.05) is 0 Å². The van der Waals surface area contributed by atoms with E-state index in [1.807, 2.05) is 0 Å². The van der Waals surface area contributed by atoms with Crippen LogP contribution in [-0.4, -0.2) is 25.4 Å². The summed E-state index contributed by atoms with van der Waals surface area (Å²) >= 11 is 3.00. The first-order valence-electron chi connectivity index (χ1n) is 6.42. The van der Waals surface area contributed by atoms with Crippen molar-refractivity contribution >= 4 is 27.5 Å². The fourth-order valence-electron chi connectivity index (χ4n) is 2.11. The molecule has 0 spiro atoms. The summed E-state index contributed by atoms with van der Waals surface area (Å²) in [4.78, 5) is 12.0. The molecule has 1 aromatic rings. The van der Waals surface area contributed by atoms with Crippen LogP contribution in [0.4, 0.5) is 18.9 Å². The van der Waals surface area contributed by atoms with Gasteiger partial charge in [-0.25, -0.2) is 0 Å². The SMILES string of the molecule is O=C(Nc1ccc(OC(F)(F)F)c(Br)c1)C1CCCNC1. The highest BCUT2D eigenvalue weighted by molar-refractivity contribution is 9.10. The minimum absolute atomic E-state index is 0.122. The van der Waals surface area contributed by atoms with E-state index in [-0.39, 0.29) is 22.0 Å². The largest absolute Gasteiger partial charge is 0.573 e. The summed E-state index contributed by atoms with van der Waals surface area (Å²) in [5.74, 6) is -0.609. The molecule has 1 aliphatic rings. The Hall–Kier alpha value is -1.28. The normalized spacial score (nSPS) is 19.1. The van der Waals surface area contributed by atoms with Gasteiger partial charge < -0.3 is 15.4 Å². The summed E-state index contributed by atoms with van der Waals surface area (Å²) in [5.41, 5.74) is 0.423. The molecule has 1 atom stereocenters. The molecule has 1 unspecified atom stereocenters. The first-order valence-corrected chi connectivity index (χ1v) is 7.21. The number of benzene rings is 1. The van der Waals surface area contributed by atoms with Crippen LogP contribution in [0.5, 0.6) is 5.75 Å². The number of ether oxygens (including phenoxy) is 1. The fourth-order valence-corrected chi connectivity index (χ4v) is 2.57. The summed E-state index contributed by atoms with van der Waals surface area (Å²) in [7, 11) is 0. The van der Waals surface area contributed by atoms with E-state index in [1.54, 1.807) is 0 Å². The number of anilines is 1. The number of hydrogen-bond donors (Lipinski definition) is 2. The van der Waals surface area contributed by atoms with Crippen molar-refractivity contribution in [2.24, 2.45) is 5.92 Å². The molecule has 1 saturated heterocycles. The van der Waals surface area contributed by atoms with Crippen LogP contribution in [0.1, 0.15) is 12.8 Å². The van der Waals surface area contributed by atoms with Crippen LogP contribution in [-0.2, 0) is 4.79 Å². The van der Waals surface area contributed by atoms with E-state index in [2.05, 4.69) is 31.3 Å². The smallest absolute Gasteiger partial charge is 0.405 e. The van der Waals surface area contributed by atoms with Crippen LogP contribution in [0.2, 0.25) is 0 Å². The summed E-state index contributed by atoms with van der Waals surface area (Å²) < 4.78 is 40.4. The van der Waals surface area contributed by atoms with Gasteiger partial charge in [-0.2, -0.15) is 0 Å². The lowest BCUT2D eigenvalue weighted by molar-refractivity contribution is -0.274. The number of halogens is 4. The zero-order chi connectivity index (χ0) is 15.5. The van der Waals surface area contributed by atoms with Crippen molar-refractivity contribution in [1.29, 1.82) is 0 Å². The Morgan fingerprint density at radius 1 is 1.43 bits per heavy atom. The molecule has 1 heterocycles. The number of amides is 1. The maximum absolute atomic E-state index is 12.2. The Labute approximate surface area is 128 Å². The molecule has 1 aromatic carbocycles. The maximum Gasteiger partial charge on any atom is 0.573 e. The van der Waals surface area contributed by atoms with Crippen LogP contribution in [0.15, 0.2) is 22.7 Å². The number of carbonyl (C=O) groups is 1. The van der Waals surface area contributed by atoms with E-state index in [1.165, 1.54) is 12.1 Å². The lowest BCUT2D eigenvalue weighted by atomic mass is 9.99. The van der Waals surface area contributed by atoms with Crippen molar-refractivity contribution < 1.29 is 22.7 Å². The van der Waals surface area contributed by atoms with Crippen LogP contribution in [0.3, 0.4) is 0 Å². The standard InChI is InChI=1S/C13H14BrF3N2O2/c14-10-6-9(3-4-11(10)21-13(15,16)17)19-12(20)8-2-1-5-18-7-8/h3-4,6,8,18H,1-2,5,7H2,(H,19,20). The van der Waals surface area contributed by atoms with Crippen molar-refractivity contribution in [2.75, 3.05) is 18.4 Å². The topological polar surface area (TPSA) is 50.4 Å². The van der Waals surface area contributed by atoms with E-state index in [0.29, 0.717) is 12.2 Å². The number of carbonyl (C=O) groups excluding carboxylic acids is 1. The number of nitrogens with one attached hydrogen (secondary N) is 2. The number of piperidine rings is 1. The third-order valence-corrected chi connectivity index (χ3v) is 3.71. The van der Waals surface area contributed by atoms with Gasteiger partial charge in [0.2, 0.25) is 5.91 Å². The van der Waals surface area contributed by atoms with Crippen molar-refractivity contribution in [3.8, 4) is 5.75 Å². The van der Waals surface area contributed by atoms with E-state index < -0.39 is 6.36 Å². The number of rotatable bonds is 3. The van der Waals surface area contributed by atoms with Crippen molar-refractivity contribution in [1.82, 2.24) is 5.32 Å². The lowest BCUT2D eigenvalue weighted by Crippen LogP contribution is -2.37. The molecule has 0 saturated carbocycles. The van der Waals surface area contributed by atoms with Gasteiger partial charge in [0.1, 0.15) is 5.75 Å². The molecule has 2 rings (SSSR count). The van der Waals surface area contributed by atoms with Gasteiger partial charge in [-0.3, -0.25) is 4.79 Å². The second kappa shape index (κ2) is 6.65. The molecule has 0 radical (unpaired) electrons. The van der Waals surface area contributed by atoms with Crippen molar-refractivity contribution in [3.63, 3.8) is 0 Å². The van der Waals surface area contributed by atoms with E-state index >= 15 is 0 Å². The predicted octanol–water partition coefficient (Wildman–Crippen LogP) is 3.29. The zero-order valence-electron chi connectivity index (χ0n) is 11.0. The van der Waals surface area contributed by atoms with Crippen molar-refractivity contribution in [2.45, 2.75) is 19.2 Å². The highest BCUT2D eigenvalue weighted by Gasteiger charge is 2.32. The lowest BCUT2D eigenvalue weighted by Gasteiger charge is -2.22. The second-order valence-electron chi connectivity index (χ2n) is 4.73. The Balaban J connectivity index is 2.01. The van der Waals surface area contributed by atoms with E-state index in [9.17, 15) is 18.0 Å². The van der Waals surface area contributed by atoms with Crippen LogP contribution < -0.4 is 15.4 Å². The third kappa shape index (κ3) is 4.89. The van der Waals surface area contributed by atoms with Gasteiger partial charge in [-0.15, -0.1) is 13.2 Å². The summed E-state index contributed by atoms with van der Waals surface area (Å²) in [5, 5.41) is 5.83. The van der Waals surface area contributed by atoms with E-state index in [0.717, 1.165) is 25.5 Å². The Kier molecular flexibility index (Phi) is 5.10. The summed E-state index contributed by atoms with van der Waals surface area (Å²) in [6.07, 6.45) is -3.02. The second-order valence-corrected chi connectivity index (χ2v) is 5.58. The minimum atomic E-state index is -4.75. The van der Waals surface area contributed by atoms with Gasteiger partial charge in [0.25, 0.3) is 0 Å². The first kappa shape index (κ1) is 16.1. The molecule has 21 heavy (non-hydrogen) atoms. The molecular formula is C13H14BrF3N2O2. The quantitative estimate of drug-likeness (QED) is 0.862. The average Bonchev–Trinajstić information content (AvgIpc) is 2.41. The molecule has 0 aromatic heterocycles. The third-order valence-electron chi connectivity index (χ3n) is 3.09. The Morgan fingerprint density at radius 3 is 2.76 bits per heavy atom. The van der Waals surface area contributed by atoms with Crippen LogP contribution in [0, 0.1) is 5.92 Å². The molecule has 1 amide bonds. The minimum Gasteiger partial charge on any atom is -0.405 e. The molecular weight excluding hydrogens is 353 g/mol. The van der Waals surface area contributed by atoms with Gasteiger partial charge in [0.15, 0.2) is 0 Å². The average molecular weight is 367 g/mol. The molecule has 4 nitrogen and oxygen atoms in total. The highest BCUT2D eigenvalue weighted by Crippen LogP contribution is 2.32. The molecule has 1 aliphatic heterocycles. The van der Waals surface area contributed by atoms with Crippen LogP contribution in [0.25, 0.3) is 0 Å². The molecule has 1 fully saturated rings. The van der Waals surface area contributed by atoms with Gasteiger partial charge >= 0.3 is 6.36 Å². The van der Waals surface area contributed by atoms with Crippen molar-refractivity contribution in [3.05, 3.63) is 22.7 Å². The first-order chi connectivity index (χ1) is 9.85. The summed E-state index contributed by atoms with van der Waals surface area (Å²) in [6.45, 7) is 1.51. The maximum atomic E-state index is 12.2. The van der Waals surface area contributed by atoms with Crippen LogP contribution >= 0.6 is 15.9 Å². The Bertz CT molecular complexity index is 517. The molecule has 116 valence electrons. The molecule has 2 N–H and O–H groups in total. The Morgan fingerprint density at radius 2 is 2.19 bits per heavy atom. The van der Waals surface area contributed by atoms with E-state index in [4.69, 9.17) is 0 Å². The fraction of sp³-hybridized carbons (Fsp3) is 0.462. The summed E-state index contributed by atoms with van der Waals surface area (Å²) in [6, 6.07) is 3.92. The highest BCUT2D eigenvalue weighted by atomic mass is 79.9. The predicted molar refractivity (Wildman–Crippen MR) is 75.0 cm³/mol. The molecule has 0 bridgehead atoms. The monoisotopic (exact) mass is 366 g/mol.